The lowest BCUT2D eigenvalue weighted by atomic mass is 10.1. The predicted octanol–water partition coefficient (Wildman–Crippen LogP) is 3.40. The molecule has 0 atom stereocenters. The normalized spacial score (nSPS) is 11.4. The standard InChI is InChI=1S/C15H9F4N5O3/c1-27-13-11(24(25)26)7-23(22-13)14-20-10(6-12(21-14)15(17,18)19)8-2-4-9(16)5-3-8/h2-7H,1H3. The largest absolute Gasteiger partial charge is 0.475 e. The van der Waals surface area contributed by atoms with Crippen LogP contribution in [0.5, 0.6) is 5.88 Å². The summed E-state index contributed by atoms with van der Waals surface area (Å²) in [6.45, 7) is 0. The quantitative estimate of drug-likeness (QED) is 0.389. The number of ether oxygens (including phenoxy) is 1. The fourth-order valence-corrected chi connectivity index (χ4v) is 2.17. The molecular weight excluding hydrogens is 374 g/mol. The Balaban J connectivity index is 2.19. The molecule has 0 aliphatic rings. The molecule has 3 aromatic rings. The van der Waals surface area contributed by atoms with Gasteiger partial charge in [-0.3, -0.25) is 10.1 Å². The first-order valence-corrected chi connectivity index (χ1v) is 7.19. The third-order valence-corrected chi connectivity index (χ3v) is 3.40. The number of benzene rings is 1. The van der Waals surface area contributed by atoms with E-state index in [1.165, 1.54) is 12.1 Å². The molecular formula is C15H9F4N5O3. The maximum absolute atomic E-state index is 13.2. The van der Waals surface area contributed by atoms with Crippen LogP contribution in [0.15, 0.2) is 36.5 Å². The van der Waals surface area contributed by atoms with Crippen molar-refractivity contribution in [1.82, 2.24) is 19.7 Å². The summed E-state index contributed by atoms with van der Waals surface area (Å²) in [5.41, 5.74) is -1.82. The molecule has 0 spiro atoms. The van der Waals surface area contributed by atoms with Gasteiger partial charge in [0.2, 0.25) is 0 Å². The maximum Gasteiger partial charge on any atom is 0.433 e. The summed E-state index contributed by atoms with van der Waals surface area (Å²) < 4.78 is 58.1. The van der Waals surface area contributed by atoms with Gasteiger partial charge in [-0.15, -0.1) is 5.10 Å². The van der Waals surface area contributed by atoms with Gasteiger partial charge in [0.15, 0.2) is 5.69 Å². The van der Waals surface area contributed by atoms with Crippen LogP contribution in [0.3, 0.4) is 0 Å². The zero-order chi connectivity index (χ0) is 19.8. The molecule has 0 N–H and O–H groups in total. The first-order valence-electron chi connectivity index (χ1n) is 7.19. The van der Waals surface area contributed by atoms with Crippen molar-refractivity contribution >= 4 is 5.69 Å². The molecule has 0 aliphatic heterocycles. The molecule has 2 aromatic heterocycles. The molecule has 0 fully saturated rings. The Hall–Kier alpha value is -3.57. The van der Waals surface area contributed by atoms with E-state index < -0.39 is 40.1 Å². The molecule has 0 saturated heterocycles. The number of alkyl halides is 3. The van der Waals surface area contributed by atoms with E-state index in [0.29, 0.717) is 10.7 Å². The van der Waals surface area contributed by atoms with Crippen molar-refractivity contribution in [3.8, 4) is 23.1 Å². The Morgan fingerprint density at radius 1 is 1.19 bits per heavy atom. The van der Waals surface area contributed by atoms with Crippen molar-refractivity contribution in [3.05, 3.63) is 58.2 Å². The lowest BCUT2D eigenvalue weighted by Crippen LogP contribution is -2.13. The van der Waals surface area contributed by atoms with Crippen LogP contribution >= 0.6 is 0 Å². The highest BCUT2D eigenvalue weighted by atomic mass is 19.4. The monoisotopic (exact) mass is 383 g/mol. The predicted molar refractivity (Wildman–Crippen MR) is 82.8 cm³/mol. The molecule has 12 heteroatoms. The fourth-order valence-electron chi connectivity index (χ4n) is 2.17. The number of rotatable bonds is 4. The number of nitrogens with zero attached hydrogens (tertiary/aromatic N) is 5. The zero-order valence-corrected chi connectivity index (χ0v) is 13.4. The molecule has 0 unspecified atom stereocenters. The highest BCUT2D eigenvalue weighted by molar-refractivity contribution is 5.60. The molecule has 1 aromatic carbocycles. The highest BCUT2D eigenvalue weighted by Gasteiger charge is 2.34. The van der Waals surface area contributed by atoms with Crippen LogP contribution in [0.2, 0.25) is 0 Å². The molecule has 0 amide bonds. The molecule has 2 heterocycles. The summed E-state index contributed by atoms with van der Waals surface area (Å²) in [7, 11) is 1.12. The lowest BCUT2D eigenvalue weighted by Gasteiger charge is -2.10. The number of nitro groups is 1. The molecule has 0 radical (unpaired) electrons. The van der Waals surface area contributed by atoms with Gasteiger partial charge in [-0.1, -0.05) is 0 Å². The van der Waals surface area contributed by atoms with Crippen molar-refractivity contribution in [3.63, 3.8) is 0 Å². The van der Waals surface area contributed by atoms with Gasteiger partial charge in [0, 0.05) is 5.56 Å². The number of hydrogen-bond acceptors (Lipinski definition) is 6. The van der Waals surface area contributed by atoms with Crippen LogP contribution in [0.25, 0.3) is 17.2 Å². The number of aromatic nitrogens is 4. The summed E-state index contributed by atoms with van der Waals surface area (Å²) in [6.07, 6.45) is -3.97. The van der Waals surface area contributed by atoms with Crippen LogP contribution in [0, 0.1) is 15.9 Å². The van der Waals surface area contributed by atoms with Crippen molar-refractivity contribution in [2.45, 2.75) is 6.18 Å². The third kappa shape index (κ3) is 3.68. The molecule has 0 aliphatic carbocycles. The van der Waals surface area contributed by atoms with E-state index >= 15 is 0 Å². The molecule has 140 valence electrons. The topological polar surface area (TPSA) is 96.0 Å². The second kappa shape index (κ2) is 6.63. The summed E-state index contributed by atoms with van der Waals surface area (Å²) in [6, 6.07) is 5.30. The van der Waals surface area contributed by atoms with Gasteiger partial charge in [0.05, 0.1) is 17.7 Å². The molecule has 0 bridgehead atoms. The Labute approximate surface area is 148 Å². The smallest absolute Gasteiger partial charge is 0.433 e. The Morgan fingerprint density at radius 2 is 1.85 bits per heavy atom. The number of halogens is 4. The maximum atomic E-state index is 13.2. The van der Waals surface area contributed by atoms with E-state index in [1.807, 2.05) is 0 Å². The fraction of sp³-hybridized carbons (Fsp3) is 0.133. The van der Waals surface area contributed by atoms with Gasteiger partial charge in [-0.2, -0.15) is 17.9 Å². The van der Waals surface area contributed by atoms with Gasteiger partial charge < -0.3 is 4.74 Å². The SMILES string of the molecule is COc1nn(-c2nc(-c3ccc(F)cc3)cc(C(F)(F)F)n2)cc1[N+](=O)[O-]. The summed E-state index contributed by atoms with van der Waals surface area (Å²) in [4.78, 5) is 17.5. The minimum atomic E-state index is -4.81. The van der Waals surface area contributed by atoms with Gasteiger partial charge >= 0.3 is 17.7 Å². The van der Waals surface area contributed by atoms with Crippen LogP contribution in [0.1, 0.15) is 5.69 Å². The van der Waals surface area contributed by atoms with Gasteiger partial charge in [0.25, 0.3) is 5.95 Å². The van der Waals surface area contributed by atoms with Crippen molar-refractivity contribution in [2.24, 2.45) is 0 Å². The second-order valence-corrected chi connectivity index (χ2v) is 5.17. The Kier molecular flexibility index (Phi) is 4.47. The van der Waals surface area contributed by atoms with Crippen LogP contribution in [-0.4, -0.2) is 31.8 Å². The first-order chi connectivity index (χ1) is 12.7. The molecule has 27 heavy (non-hydrogen) atoms. The third-order valence-electron chi connectivity index (χ3n) is 3.40. The highest BCUT2D eigenvalue weighted by Crippen LogP contribution is 2.32. The van der Waals surface area contributed by atoms with Crippen molar-refractivity contribution in [1.29, 1.82) is 0 Å². The summed E-state index contributed by atoms with van der Waals surface area (Å²) in [5.74, 6) is -1.54. The number of methoxy groups -OCH3 is 1. The minimum absolute atomic E-state index is 0.163. The molecule has 8 nitrogen and oxygen atoms in total. The second-order valence-electron chi connectivity index (χ2n) is 5.17. The van der Waals surface area contributed by atoms with Gasteiger partial charge in [-0.25, -0.2) is 14.4 Å². The zero-order valence-electron chi connectivity index (χ0n) is 13.4. The van der Waals surface area contributed by atoms with Gasteiger partial charge in [-0.05, 0) is 30.3 Å². The van der Waals surface area contributed by atoms with E-state index in [-0.39, 0.29) is 11.3 Å². The van der Waals surface area contributed by atoms with Crippen LogP contribution < -0.4 is 4.74 Å². The van der Waals surface area contributed by atoms with E-state index in [9.17, 15) is 27.7 Å². The van der Waals surface area contributed by atoms with E-state index in [2.05, 4.69) is 15.1 Å². The van der Waals surface area contributed by atoms with E-state index in [0.717, 1.165) is 25.4 Å². The van der Waals surface area contributed by atoms with Gasteiger partial charge in [0.1, 0.15) is 12.0 Å². The van der Waals surface area contributed by atoms with Crippen LogP contribution in [0.4, 0.5) is 23.2 Å². The first kappa shape index (κ1) is 18.2. The minimum Gasteiger partial charge on any atom is -0.475 e. The summed E-state index contributed by atoms with van der Waals surface area (Å²) in [5, 5.41) is 14.7. The lowest BCUT2D eigenvalue weighted by molar-refractivity contribution is -0.385. The van der Waals surface area contributed by atoms with E-state index in [4.69, 9.17) is 4.74 Å². The van der Waals surface area contributed by atoms with Crippen molar-refractivity contribution < 1.29 is 27.2 Å². The van der Waals surface area contributed by atoms with Crippen LogP contribution in [-0.2, 0) is 6.18 Å². The summed E-state index contributed by atoms with van der Waals surface area (Å²) >= 11 is 0. The molecule has 0 saturated carbocycles. The Morgan fingerprint density at radius 3 is 2.37 bits per heavy atom. The van der Waals surface area contributed by atoms with E-state index in [1.54, 1.807) is 0 Å². The average Bonchev–Trinajstić information content (AvgIpc) is 3.06. The molecule has 3 rings (SSSR count). The average molecular weight is 383 g/mol. The Bertz CT molecular complexity index is 1000. The van der Waals surface area contributed by atoms with Crippen molar-refractivity contribution in [2.75, 3.05) is 7.11 Å². The number of hydrogen-bond donors (Lipinski definition) is 0.